The highest BCUT2D eigenvalue weighted by Gasteiger charge is 2.34. The van der Waals surface area contributed by atoms with Crippen LogP contribution in [-0.2, 0) is 11.3 Å². The Balaban J connectivity index is 1.68. The van der Waals surface area contributed by atoms with Crippen LogP contribution in [0.3, 0.4) is 0 Å². The molecule has 1 aliphatic rings. The van der Waals surface area contributed by atoms with E-state index in [0.717, 1.165) is 30.0 Å². The van der Waals surface area contributed by atoms with Crippen molar-refractivity contribution < 1.29 is 4.79 Å². The van der Waals surface area contributed by atoms with E-state index in [1.807, 2.05) is 41.3 Å². The summed E-state index contributed by atoms with van der Waals surface area (Å²) in [6.45, 7) is 6.14. The Morgan fingerprint density at radius 3 is 2.58 bits per heavy atom. The van der Waals surface area contributed by atoms with Crippen LogP contribution in [0.1, 0.15) is 38.4 Å². The fourth-order valence-electron chi connectivity index (χ4n) is 3.77. The Morgan fingerprint density at radius 2 is 1.81 bits per heavy atom. The standard InChI is InChI=1S/C22H25N3O/c1-16(2)12-13-24-20-11-7-6-10-19(20)23-22(24)17-14-21(26)25(15-17)18-8-4-3-5-9-18/h3-11,16-17H,12-15H2,1-2H3/t17-/m1/s1. The number of rotatable bonds is 5. The van der Waals surface area contributed by atoms with Crippen molar-refractivity contribution in [3.63, 3.8) is 0 Å². The number of hydrogen-bond donors (Lipinski definition) is 0. The third-order valence-corrected chi connectivity index (χ3v) is 5.17. The van der Waals surface area contributed by atoms with E-state index < -0.39 is 0 Å². The van der Waals surface area contributed by atoms with Gasteiger partial charge in [0, 0.05) is 31.1 Å². The van der Waals surface area contributed by atoms with Gasteiger partial charge in [-0.2, -0.15) is 0 Å². The SMILES string of the molecule is CC(C)CCn1c([C@@H]2CC(=O)N(c3ccccc3)C2)nc2ccccc21. The first-order chi connectivity index (χ1) is 12.6. The van der Waals surface area contributed by atoms with E-state index in [1.165, 1.54) is 5.52 Å². The zero-order valence-corrected chi connectivity index (χ0v) is 15.4. The number of nitrogens with zero attached hydrogens (tertiary/aromatic N) is 3. The first-order valence-electron chi connectivity index (χ1n) is 9.44. The summed E-state index contributed by atoms with van der Waals surface area (Å²) in [7, 11) is 0. The number of benzene rings is 2. The van der Waals surface area contributed by atoms with Gasteiger partial charge in [-0.25, -0.2) is 4.98 Å². The lowest BCUT2D eigenvalue weighted by molar-refractivity contribution is -0.117. The van der Waals surface area contributed by atoms with Gasteiger partial charge in [-0.1, -0.05) is 44.2 Å². The Labute approximate surface area is 154 Å². The van der Waals surface area contributed by atoms with Crippen molar-refractivity contribution in [1.82, 2.24) is 9.55 Å². The molecule has 4 heteroatoms. The molecule has 2 aromatic carbocycles. The van der Waals surface area contributed by atoms with Crippen molar-refractivity contribution in [2.45, 2.75) is 39.2 Å². The van der Waals surface area contributed by atoms with E-state index in [4.69, 9.17) is 4.98 Å². The topological polar surface area (TPSA) is 38.1 Å². The van der Waals surface area contributed by atoms with Gasteiger partial charge in [0.25, 0.3) is 0 Å². The number of carbonyl (C=O) groups excluding carboxylic acids is 1. The molecule has 1 amide bonds. The predicted molar refractivity (Wildman–Crippen MR) is 105 cm³/mol. The van der Waals surface area contributed by atoms with Crippen molar-refractivity contribution in [2.24, 2.45) is 5.92 Å². The van der Waals surface area contributed by atoms with Gasteiger partial charge < -0.3 is 9.47 Å². The summed E-state index contributed by atoms with van der Waals surface area (Å²) in [5, 5.41) is 0. The highest BCUT2D eigenvalue weighted by atomic mass is 16.2. The van der Waals surface area contributed by atoms with Crippen LogP contribution < -0.4 is 4.90 Å². The van der Waals surface area contributed by atoms with Crippen LogP contribution in [0.25, 0.3) is 11.0 Å². The number of carbonyl (C=O) groups is 1. The van der Waals surface area contributed by atoms with Crippen LogP contribution in [0, 0.1) is 5.92 Å². The molecule has 0 bridgehead atoms. The third kappa shape index (κ3) is 3.12. The highest BCUT2D eigenvalue weighted by molar-refractivity contribution is 5.96. The summed E-state index contributed by atoms with van der Waals surface area (Å²) in [4.78, 5) is 19.5. The molecule has 1 fully saturated rings. The summed E-state index contributed by atoms with van der Waals surface area (Å²) in [5.74, 6) is 2.01. The van der Waals surface area contributed by atoms with E-state index in [2.05, 4.69) is 36.6 Å². The largest absolute Gasteiger partial charge is 0.328 e. The second-order valence-electron chi connectivity index (χ2n) is 7.53. The first kappa shape index (κ1) is 16.8. The number of anilines is 1. The molecule has 0 radical (unpaired) electrons. The van der Waals surface area contributed by atoms with Crippen LogP contribution in [0.15, 0.2) is 54.6 Å². The molecule has 0 spiro atoms. The van der Waals surface area contributed by atoms with Gasteiger partial charge in [-0.05, 0) is 36.6 Å². The van der Waals surface area contributed by atoms with Crippen molar-refractivity contribution >= 4 is 22.6 Å². The summed E-state index contributed by atoms with van der Waals surface area (Å²) in [5.41, 5.74) is 3.18. The van der Waals surface area contributed by atoms with Gasteiger partial charge in [0.15, 0.2) is 0 Å². The molecule has 4 rings (SSSR count). The Hall–Kier alpha value is -2.62. The zero-order valence-electron chi connectivity index (χ0n) is 15.4. The second kappa shape index (κ2) is 6.94. The first-order valence-corrected chi connectivity index (χ1v) is 9.44. The monoisotopic (exact) mass is 347 g/mol. The Bertz CT molecular complexity index is 914. The van der Waals surface area contributed by atoms with Gasteiger partial charge in [-0.15, -0.1) is 0 Å². The van der Waals surface area contributed by atoms with Gasteiger partial charge in [0.05, 0.1) is 11.0 Å². The summed E-state index contributed by atoms with van der Waals surface area (Å²) < 4.78 is 2.34. The van der Waals surface area contributed by atoms with Gasteiger partial charge in [0.2, 0.25) is 5.91 Å². The van der Waals surface area contributed by atoms with Crippen LogP contribution in [0.5, 0.6) is 0 Å². The smallest absolute Gasteiger partial charge is 0.227 e. The van der Waals surface area contributed by atoms with Crippen molar-refractivity contribution in [3.05, 3.63) is 60.4 Å². The maximum absolute atomic E-state index is 12.6. The maximum atomic E-state index is 12.6. The fraction of sp³-hybridized carbons (Fsp3) is 0.364. The van der Waals surface area contributed by atoms with Gasteiger partial charge in [-0.3, -0.25) is 4.79 Å². The quantitative estimate of drug-likeness (QED) is 0.676. The lowest BCUT2D eigenvalue weighted by Gasteiger charge is -2.17. The van der Waals surface area contributed by atoms with E-state index >= 15 is 0 Å². The van der Waals surface area contributed by atoms with Gasteiger partial charge >= 0.3 is 0 Å². The summed E-state index contributed by atoms with van der Waals surface area (Å²) in [6, 6.07) is 18.2. The number of imidazole rings is 1. The third-order valence-electron chi connectivity index (χ3n) is 5.17. The number of amides is 1. The lowest BCUT2D eigenvalue weighted by atomic mass is 10.1. The second-order valence-corrected chi connectivity index (χ2v) is 7.53. The molecular weight excluding hydrogens is 322 g/mol. The maximum Gasteiger partial charge on any atom is 0.227 e. The average molecular weight is 347 g/mol. The van der Waals surface area contributed by atoms with Crippen molar-refractivity contribution in [2.75, 3.05) is 11.4 Å². The molecule has 134 valence electrons. The zero-order chi connectivity index (χ0) is 18.1. The highest BCUT2D eigenvalue weighted by Crippen LogP contribution is 2.33. The van der Waals surface area contributed by atoms with Crippen LogP contribution in [0.2, 0.25) is 0 Å². The van der Waals surface area contributed by atoms with Crippen LogP contribution in [0.4, 0.5) is 5.69 Å². The molecule has 0 saturated carbocycles. The molecule has 0 aliphatic carbocycles. The molecular formula is C22H25N3O. The number of para-hydroxylation sites is 3. The van der Waals surface area contributed by atoms with E-state index in [9.17, 15) is 4.79 Å². The van der Waals surface area contributed by atoms with Crippen molar-refractivity contribution in [3.8, 4) is 0 Å². The minimum absolute atomic E-state index is 0.141. The molecule has 26 heavy (non-hydrogen) atoms. The normalized spacial score (nSPS) is 17.6. The average Bonchev–Trinajstić information content (AvgIpc) is 3.21. The predicted octanol–water partition coefficient (Wildman–Crippen LogP) is 4.60. The molecule has 3 aromatic rings. The Morgan fingerprint density at radius 1 is 1.08 bits per heavy atom. The van der Waals surface area contributed by atoms with E-state index in [0.29, 0.717) is 18.9 Å². The molecule has 2 heterocycles. The molecule has 1 aliphatic heterocycles. The summed E-state index contributed by atoms with van der Waals surface area (Å²) >= 11 is 0. The van der Waals surface area contributed by atoms with E-state index in [1.54, 1.807) is 0 Å². The van der Waals surface area contributed by atoms with E-state index in [-0.39, 0.29) is 11.8 Å². The minimum Gasteiger partial charge on any atom is -0.328 e. The van der Waals surface area contributed by atoms with Gasteiger partial charge in [0.1, 0.15) is 5.82 Å². The number of aromatic nitrogens is 2. The lowest BCUT2D eigenvalue weighted by Crippen LogP contribution is -2.24. The molecule has 1 saturated heterocycles. The molecule has 1 atom stereocenters. The molecule has 4 nitrogen and oxygen atoms in total. The fourth-order valence-corrected chi connectivity index (χ4v) is 3.77. The molecule has 0 unspecified atom stereocenters. The Kier molecular flexibility index (Phi) is 4.49. The number of fused-ring (bicyclic) bond motifs is 1. The number of hydrogen-bond acceptors (Lipinski definition) is 2. The molecule has 0 N–H and O–H groups in total. The minimum atomic E-state index is 0.141. The van der Waals surface area contributed by atoms with Crippen molar-refractivity contribution in [1.29, 1.82) is 0 Å². The molecule has 1 aromatic heterocycles. The van der Waals surface area contributed by atoms with Crippen LogP contribution >= 0.6 is 0 Å². The summed E-state index contributed by atoms with van der Waals surface area (Å²) in [6.07, 6.45) is 1.64. The number of aryl methyl sites for hydroxylation is 1. The van der Waals surface area contributed by atoms with Crippen LogP contribution in [-0.4, -0.2) is 22.0 Å².